The third-order valence-electron chi connectivity index (χ3n) is 5.33. The highest BCUT2D eigenvalue weighted by Gasteiger charge is 2.15. The van der Waals surface area contributed by atoms with E-state index in [9.17, 15) is 14.0 Å². The lowest BCUT2D eigenvalue weighted by atomic mass is 10.1. The Balaban J connectivity index is 1.37. The predicted octanol–water partition coefficient (Wildman–Crippen LogP) is 3.93. The topological polar surface area (TPSA) is 79.9 Å². The van der Waals surface area contributed by atoms with Crippen LogP contribution in [0, 0.1) is 5.82 Å². The van der Waals surface area contributed by atoms with Gasteiger partial charge >= 0.3 is 0 Å². The van der Waals surface area contributed by atoms with Crippen LogP contribution in [0.15, 0.2) is 72.8 Å². The Hall–Kier alpha value is -3.75. The zero-order chi connectivity index (χ0) is 23.8. The quantitative estimate of drug-likeness (QED) is 0.529. The molecule has 0 spiro atoms. The molecule has 0 bridgehead atoms. The van der Waals surface area contributed by atoms with E-state index >= 15 is 0 Å². The number of anilines is 2. The molecule has 0 aromatic heterocycles. The molecule has 3 aromatic rings. The van der Waals surface area contributed by atoms with E-state index in [1.54, 1.807) is 30.3 Å². The molecule has 0 aliphatic carbocycles. The van der Waals surface area contributed by atoms with E-state index in [0.29, 0.717) is 11.3 Å². The molecule has 1 fully saturated rings. The molecule has 0 radical (unpaired) electrons. The van der Waals surface area contributed by atoms with Gasteiger partial charge in [0.1, 0.15) is 11.6 Å². The summed E-state index contributed by atoms with van der Waals surface area (Å²) in [6, 6.07) is 20.2. The Labute approximate surface area is 197 Å². The molecule has 4 rings (SSSR count). The van der Waals surface area contributed by atoms with Crippen LogP contribution in [0.25, 0.3) is 0 Å². The van der Waals surface area contributed by atoms with Crippen LogP contribution in [-0.4, -0.2) is 49.6 Å². The van der Waals surface area contributed by atoms with Gasteiger partial charge in [0.05, 0.1) is 24.5 Å². The third-order valence-corrected chi connectivity index (χ3v) is 5.33. The maximum absolute atomic E-state index is 13.7. The third kappa shape index (κ3) is 6.40. The summed E-state index contributed by atoms with van der Waals surface area (Å²) in [5.74, 6) is -1.16. The fourth-order valence-electron chi connectivity index (χ4n) is 3.64. The van der Waals surface area contributed by atoms with E-state index in [-0.39, 0.29) is 24.0 Å². The van der Waals surface area contributed by atoms with E-state index in [2.05, 4.69) is 15.5 Å². The van der Waals surface area contributed by atoms with Crippen molar-refractivity contribution in [3.8, 4) is 5.75 Å². The van der Waals surface area contributed by atoms with E-state index in [1.165, 1.54) is 18.2 Å². The Kier molecular flexibility index (Phi) is 7.85. The zero-order valence-corrected chi connectivity index (χ0v) is 18.6. The van der Waals surface area contributed by atoms with Gasteiger partial charge in [-0.25, -0.2) is 4.39 Å². The van der Waals surface area contributed by atoms with Gasteiger partial charge in [-0.05, 0) is 42.0 Å². The first-order chi connectivity index (χ1) is 16.6. The number of benzene rings is 3. The van der Waals surface area contributed by atoms with Gasteiger partial charge in [-0.15, -0.1) is 0 Å². The van der Waals surface area contributed by atoms with Crippen LogP contribution in [0.1, 0.15) is 15.9 Å². The number of carbonyl (C=O) groups is 2. The summed E-state index contributed by atoms with van der Waals surface area (Å²) in [5, 5.41) is 5.36. The van der Waals surface area contributed by atoms with Crippen molar-refractivity contribution in [2.75, 3.05) is 43.5 Å². The van der Waals surface area contributed by atoms with Crippen LogP contribution < -0.4 is 15.4 Å². The Morgan fingerprint density at radius 2 is 1.71 bits per heavy atom. The fourth-order valence-corrected chi connectivity index (χ4v) is 3.64. The summed E-state index contributed by atoms with van der Waals surface area (Å²) < 4.78 is 24.7. The number of carbonyl (C=O) groups excluding carboxylic acids is 2. The summed E-state index contributed by atoms with van der Waals surface area (Å²) >= 11 is 0. The second-order valence-corrected chi connectivity index (χ2v) is 7.86. The molecule has 3 aromatic carbocycles. The van der Waals surface area contributed by atoms with Crippen LogP contribution in [-0.2, 0) is 16.1 Å². The number of morpholine rings is 1. The highest BCUT2D eigenvalue weighted by atomic mass is 19.1. The van der Waals surface area contributed by atoms with Crippen molar-refractivity contribution in [3.63, 3.8) is 0 Å². The van der Waals surface area contributed by atoms with Crippen LogP contribution in [0.2, 0.25) is 0 Å². The molecule has 1 saturated heterocycles. The molecule has 1 aliphatic heterocycles. The number of ether oxygens (including phenoxy) is 2. The van der Waals surface area contributed by atoms with Crippen LogP contribution in [0.3, 0.4) is 0 Å². The number of rotatable bonds is 8. The monoisotopic (exact) mass is 463 g/mol. The van der Waals surface area contributed by atoms with Crippen molar-refractivity contribution >= 4 is 23.2 Å². The minimum absolute atomic E-state index is 0.0686. The largest absolute Gasteiger partial charge is 0.483 e. The molecule has 1 aliphatic rings. The lowest BCUT2D eigenvalue weighted by molar-refractivity contribution is -0.118. The average molecular weight is 464 g/mol. The minimum Gasteiger partial charge on any atom is -0.483 e. The van der Waals surface area contributed by atoms with Gasteiger partial charge in [0.2, 0.25) is 0 Å². The molecule has 176 valence electrons. The van der Waals surface area contributed by atoms with Gasteiger partial charge in [0.25, 0.3) is 11.8 Å². The maximum Gasteiger partial charge on any atom is 0.262 e. The molecule has 8 heteroatoms. The first-order valence-electron chi connectivity index (χ1n) is 11.0. The summed E-state index contributed by atoms with van der Waals surface area (Å²) in [6.07, 6.45) is 0. The predicted molar refractivity (Wildman–Crippen MR) is 127 cm³/mol. The van der Waals surface area contributed by atoms with Gasteiger partial charge in [-0.1, -0.05) is 36.4 Å². The highest BCUT2D eigenvalue weighted by molar-refractivity contribution is 6.06. The van der Waals surface area contributed by atoms with E-state index in [1.807, 2.05) is 24.3 Å². The number of halogens is 1. The number of amides is 2. The van der Waals surface area contributed by atoms with Crippen molar-refractivity contribution in [2.45, 2.75) is 6.54 Å². The van der Waals surface area contributed by atoms with Gasteiger partial charge < -0.3 is 20.1 Å². The average Bonchev–Trinajstić information content (AvgIpc) is 2.85. The van der Waals surface area contributed by atoms with Gasteiger partial charge in [-0.3, -0.25) is 14.5 Å². The van der Waals surface area contributed by atoms with Gasteiger partial charge in [0, 0.05) is 25.3 Å². The van der Waals surface area contributed by atoms with Crippen molar-refractivity contribution in [1.82, 2.24) is 4.90 Å². The van der Waals surface area contributed by atoms with E-state index in [0.717, 1.165) is 38.4 Å². The number of nitrogens with zero attached hydrogens (tertiary/aromatic N) is 1. The van der Waals surface area contributed by atoms with Gasteiger partial charge in [-0.2, -0.15) is 0 Å². The molecular formula is C26H26FN3O4. The molecule has 2 N–H and O–H groups in total. The minimum atomic E-state index is -0.536. The van der Waals surface area contributed by atoms with Crippen LogP contribution in [0.5, 0.6) is 5.75 Å². The smallest absolute Gasteiger partial charge is 0.262 e. The summed E-state index contributed by atoms with van der Waals surface area (Å²) in [7, 11) is 0. The lowest BCUT2D eigenvalue weighted by Crippen LogP contribution is -2.35. The van der Waals surface area contributed by atoms with Crippen molar-refractivity contribution in [2.24, 2.45) is 0 Å². The number of nitrogens with one attached hydrogen (secondary N) is 2. The fraction of sp³-hybridized carbons (Fsp3) is 0.231. The number of para-hydroxylation sites is 2. The first-order valence-corrected chi connectivity index (χ1v) is 11.0. The molecule has 34 heavy (non-hydrogen) atoms. The maximum atomic E-state index is 13.7. The van der Waals surface area contributed by atoms with Crippen LogP contribution in [0.4, 0.5) is 15.8 Å². The molecule has 0 atom stereocenters. The van der Waals surface area contributed by atoms with Crippen molar-refractivity contribution in [3.05, 3.63) is 89.7 Å². The van der Waals surface area contributed by atoms with Crippen molar-refractivity contribution in [1.29, 1.82) is 0 Å². The number of hydrogen-bond donors (Lipinski definition) is 2. The molecule has 0 unspecified atom stereocenters. The van der Waals surface area contributed by atoms with Crippen LogP contribution >= 0.6 is 0 Å². The first kappa shape index (κ1) is 23.4. The number of hydrogen-bond acceptors (Lipinski definition) is 5. The highest BCUT2D eigenvalue weighted by Crippen LogP contribution is 2.21. The van der Waals surface area contributed by atoms with Crippen molar-refractivity contribution < 1.29 is 23.5 Å². The SMILES string of the molecule is O=C(COc1ccccc1C(=O)Nc1cccc(CN2CCOCC2)c1)Nc1ccccc1F. The molecule has 2 amide bonds. The normalized spacial score (nSPS) is 13.8. The van der Waals surface area contributed by atoms with E-state index < -0.39 is 11.7 Å². The summed E-state index contributed by atoms with van der Waals surface area (Å²) in [6.45, 7) is 3.63. The second-order valence-electron chi connectivity index (χ2n) is 7.86. The second kappa shape index (κ2) is 11.4. The molecule has 1 heterocycles. The standard InChI is InChI=1S/C26H26FN3O4/c27-22-9-2-3-10-23(22)29-25(31)18-34-24-11-4-1-8-21(24)26(32)28-20-7-5-6-19(16-20)17-30-12-14-33-15-13-30/h1-11,16H,12-15,17-18H2,(H,28,32)(H,29,31). The zero-order valence-electron chi connectivity index (χ0n) is 18.6. The molecular weight excluding hydrogens is 437 g/mol. The Bertz CT molecular complexity index is 1150. The summed E-state index contributed by atoms with van der Waals surface area (Å²) in [5.41, 5.74) is 2.12. The molecule has 7 nitrogen and oxygen atoms in total. The summed E-state index contributed by atoms with van der Waals surface area (Å²) in [4.78, 5) is 27.4. The van der Waals surface area contributed by atoms with Gasteiger partial charge in [0.15, 0.2) is 6.61 Å². The Morgan fingerprint density at radius 3 is 2.53 bits per heavy atom. The lowest BCUT2D eigenvalue weighted by Gasteiger charge is -2.26. The Morgan fingerprint density at radius 1 is 0.941 bits per heavy atom. The molecule has 0 saturated carbocycles. The van der Waals surface area contributed by atoms with E-state index in [4.69, 9.17) is 9.47 Å².